The minimum absolute atomic E-state index is 0.0516. The van der Waals surface area contributed by atoms with Crippen LogP contribution in [0.15, 0.2) is 72.8 Å². The van der Waals surface area contributed by atoms with E-state index in [1.165, 1.54) is 0 Å². The predicted octanol–water partition coefficient (Wildman–Crippen LogP) is 6.83. The van der Waals surface area contributed by atoms with Gasteiger partial charge in [-0.3, -0.25) is 14.2 Å². The molecule has 0 fully saturated rings. The number of carbonyl (C=O) groups excluding carboxylic acids is 2. The molecule has 5 nitrogen and oxygen atoms in total. The molecule has 6 heteroatoms. The molecule has 0 N–H and O–H groups in total. The van der Waals surface area contributed by atoms with E-state index in [0.717, 1.165) is 16.5 Å². The van der Waals surface area contributed by atoms with Gasteiger partial charge in [-0.1, -0.05) is 55.8 Å². The fourth-order valence-electron chi connectivity index (χ4n) is 4.55. The molecule has 1 heterocycles. The molecule has 0 aliphatic carbocycles. The van der Waals surface area contributed by atoms with Gasteiger partial charge in [-0.15, -0.1) is 0 Å². The first kappa shape index (κ1) is 25.5. The Labute approximate surface area is 216 Å². The third kappa shape index (κ3) is 5.31. The lowest BCUT2D eigenvalue weighted by molar-refractivity contribution is -0.143. The number of halogens is 1. The highest BCUT2D eigenvalue weighted by atomic mass is 35.5. The highest BCUT2D eigenvalue weighted by Crippen LogP contribution is 2.31. The van der Waals surface area contributed by atoms with Crippen molar-refractivity contribution in [2.45, 2.75) is 33.1 Å². The molecule has 0 aliphatic heterocycles. The molecule has 36 heavy (non-hydrogen) atoms. The zero-order valence-electron chi connectivity index (χ0n) is 21.0. The first-order valence-corrected chi connectivity index (χ1v) is 12.4. The number of hydrogen-bond acceptors (Lipinski definition) is 4. The Morgan fingerprint density at radius 2 is 1.67 bits per heavy atom. The molecule has 1 atom stereocenters. The smallest absolute Gasteiger partial charge is 0.310 e. The molecule has 186 valence electrons. The molecule has 0 amide bonds. The van der Waals surface area contributed by atoms with E-state index in [0.29, 0.717) is 40.1 Å². The molecule has 0 spiro atoms. The summed E-state index contributed by atoms with van der Waals surface area (Å²) in [7, 11) is 1.59. The number of benzene rings is 3. The summed E-state index contributed by atoms with van der Waals surface area (Å²) in [4.78, 5) is 26.5. The second-order valence-corrected chi connectivity index (χ2v) is 9.65. The van der Waals surface area contributed by atoms with E-state index in [4.69, 9.17) is 21.1 Å². The Hall–Kier alpha value is -3.57. The van der Waals surface area contributed by atoms with Crippen LogP contribution in [-0.4, -0.2) is 30.2 Å². The summed E-state index contributed by atoms with van der Waals surface area (Å²) in [5.74, 6) is 0.537. The van der Waals surface area contributed by atoms with E-state index in [2.05, 4.69) is 26.0 Å². The summed E-state index contributed by atoms with van der Waals surface area (Å²) in [6, 6.07) is 22.4. The fraction of sp³-hybridized carbons (Fsp3) is 0.267. The van der Waals surface area contributed by atoms with Gasteiger partial charge >= 0.3 is 5.97 Å². The average Bonchev–Trinajstić information content (AvgIpc) is 3.14. The molecule has 4 aromatic rings. The lowest BCUT2D eigenvalue weighted by Crippen LogP contribution is -2.19. The van der Waals surface area contributed by atoms with E-state index in [1.54, 1.807) is 35.9 Å². The van der Waals surface area contributed by atoms with E-state index in [9.17, 15) is 9.59 Å². The van der Waals surface area contributed by atoms with Gasteiger partial charge in [0, 0.05) is 27.6 Å². The minimum Gasteiger partial charge on any atom is -0.497 e. The molecule has 0 radical (unpaired) electrons. The number of hydrogen-bond donors (Lipinski definition) is 0. The van der Waals surface area contributed by atoms with Crippen molar-refractivity contribution >= 4 is 34.4 Å². The minimum atomic E-state index is -0.333. The first-order valence-electron chi connectivity index (χ1n) is 12.0. The molecule has 0 saturated heterocycles. The van der Waals surface area contributed by atoms with Gasteiger partial charge in [0.15, 0.2) is 0 Å². The third-order valence-corrected chi connectivity index (χ3v) is 6.87. The standard InChI is InChI=1S/C30H30ClNO4/c1-19(2)27(21-8-6-5-7-9-21)18-36-29(33)17-25-20(3)32(28-15-14-24(35-4)16-26(25)28)30(34)22-10-12-23(31)13-11-22/h5-16,19,27H,17-18H2,1-4H3. The van der Waals surface area contributed by atoms with E-state index in [-0.39, 0.29) is 24.2 Å². The summed E-state index contributed by atoms with van der Waals surface area (Å²) in [6.07, 6.45) is 0.0516. The van der Waals surface area contributed by atoms with Gasteiger partial charge in [0.25, 0.3) is 5.91 Å². The van der Waals surface area contributed by atoms with E-state index < -0.39 is 0 Å². The van der Waals surface area contributed by atoms with Gasteiger partial charge in [-0.2, -0.15) is 0 Å². The SMILES string of the molecule is COc1ccc2c(c1)c(CC(=O)OCC(c1ccccc1)C(C)C)c(C)n2C(=O)c1ccc(Cl)cc1. The topological polar surface area (TPSA) is 57.5 Å². The second kappa shape index (κ2) is 11.0. The summed E-state index contributed by atoms with van der Waals surface area (Å²) in [5.41, 5.74) is 3.80. The van der Waals surface area contributed by atoms with Crippen LogP contribution >= 0.6 is 11.6 Å². The maximum atomic E-state index is 13.5. The van der Waals surface area contributed by atoms with Crippen LogP contribution in [0.25, 0.3) is 10.9 Å². The van der Waals surface area contributed by atoms with Crippen LogP contribution in [0, 0.1) is 12.8 Å². The van der Waals surface area contributed by atoms with Crippen molar-refractivity contribution in [2.24, 2.45) is 5.92 Å². The van der Waals surface area contributed by atoms with Crippen molar-refractivity contribution in [2.75, 3.05) is 13.7 Å². The van der Waals surface area contributed by atoms with E-state index >= 15 is 0 Å². The highest BCUT2D eigenvalue weighted by Gasteiger charge is 2.24. The van der Waals surface area contributed by atoms with Gasteiger partial charge in [0.05, 0.1) is 25.7 Å². The van der Waals surface area contributed by atoms with Crippen LogP contribution < -0.4 is 4.74 Å². The molecule has 3 aromatic carbocycles. The highest BCUT2D eigenvalue weighted by molar-refractivity contribution is 6.30. The molecule has 0 aliphatic rings. The maximum Gasteiger partial charge on any atom is 0.310 e. The Balaban J connectivity index is 1.64. The second-order valence-electron chi connectivity index (χ2n) is 9.22. The molecular weight excluding hydrogens is 474 g/mol. The first-order chi connectivity index (χ1) is 17.3. The van der Waals surface area contributed by atoms with Gasteiger partial charge in [0.2, 0.25) is 0 Å². The van der Waals surface area contributed by atoms with Crippen LogP contribution in [0.4, 0.5) is 0 Å². The van der Waals surface area contributed by atoms with Crippen molar-refractivity contribution in [3.8, 4) is 5.75 Å². The van der Waals surface area contributed by atoms with Crippen molar-refractivity contribution < 1.29 is 19.1 Å². The van der Waals surface area contributed by atoms with Crippen LogP contribution in [0.2, 0.25) is 5.02 Å². The predicted molar refractivity (Wildman–Crippen MR) is 143 cm³/mol. The number of carbonyl (C=O) groups is 2. The fourth-order valence-corrected chi connectivity index (χ4v) is 4.67. The zero-order chi connectivity index (χ0) is 25.8. The average molecular weight is 504 g/mol. The van der Waals surface area contributed by atoms with Gasteiger partial charge in [-0.25, -0.2) is 0 Å². The molecular formula is C30H30ClNO4. The quantitative estimate of drug-likeness (QED) is 0.247. The lowest BCUT2D eigenvalue weighted by atomic mass is 9.89. The Bertz CT molecular complexity index is 1370. The Morgan fingerprint density at radius 3 is 2.31 bits per heavy atom. The Morgan fingerprint density at radius 1 is 0.972 bits per heavy atom. The van der Waals surface area contributed by atoms with Crippen molar-refractivity contribution in [1.82, 2.24) is 4.57 Å². The number of methoxy groups -OCH3 is 1. The number of ether oxygens (including phenoxy) is 2. The van der Waals surface area contributed by atoms with Gasteiger partial charge < -0.3 is 9.47 Å². The molecule has 0 bridgehead atoms. The summed E-state index contributed by atoms with van der Waals surface area (Å²) in [5, 5.41) is 1.35. The largest absolute Gasteiger partial charge is 0.497 e. The van der Waals surface area contributed by atoms with Crippen molar-refractivity contribution in [3.05, 3.63) is 100 Å². The van der Waals surface area contributed by atoms with Crippen LogP contribution in [0.3, 0.4) is 0 Å². The van der Waals surface area contributed by atoms with Crippen LogP contribution in [-0.2, 0) is 16.0 Å². The summed E-state index contributed by atoms with van der Waals surface area (Å²) >= 11 is 6.01. The van der Waals surface area contributed by atoms with Crippen LogP contribution in [0.1, 0.15) is 46.9 Å². The number of esters is 1. The summed E-state index contributed by atoms with van der Waals surface area (Å²) in [6.45, 7) is 6.39. The molecule has 1 aromatic heterocycles. The normalized spacial score (nSPS) is 12.1. The summed E-state index contributed by atoms with van der Waals surface area (Å²) < 4.78 is 12.8. The Kier molecular flexibility index (Phi) is 7.80. The van der Waals surface area contributed by atoms with E-state index in [1.807, 2.05) is 43.3 Å². The van der Waals surface area contributed by atoms with Crippen molar-refractivity contribution in [1.29, 1.82) is 0 Å². The van der Waals surface area contributed by atoms with Gasteiger partial charge in [0.1, 0.15) is 5.75 Å². The third-order valence-electron chi connectivity index (χ3n) is 6.61. The molecule has 0 saturated carbocycles. The van der Waals surface area contributed by atoms with Crippen LogP contribution in [0.5, 0.6) is 5.75 Å². The maximum absolute atomic E-state index is 13.5. The number of rotatable bonds is 8. The van der Waals surface area contributed by atoms with Gasteiger partial charge in [-0.05, 0) is 66.4 Å². The number of fused-ring (bicyclic) bond motifs is 1. The monoisotopic (exact) mass is 503 g/mol. The lowest BCUT2D eigenvalue weighted by Gasteiger charge is -2.21. The number of nitrogens with zero attached hydrogens (tertiary/aromatic N) is 1. The molecule has 4 rings (SSSR count). The van der Waals surface area contributed by atoms with Crippen molar-refractivity contribution in [3.63, 3.8) is 0 Å². The molecule has 1 unspecified atom stereocenters. The number of aromatic nitrogens is 1. The zero-order valence-corrected chi connectivity index (χ0v) is 21.7.